The van der Waals surface area contributed by atoms with E-state index in [2.05, 4.69) is 0 Å². The third-order valence-electron chi connectivity index (χ3n) is 3.20. The second kappa shape index (κ2) is 5.40. The molecule has 1 aliphatic rings. The van der Waals surface area contributed by atoms with Crippen LogP contribution >= 0.6 is 0 Å². The van der Waals surface area contributed by atoms with E-state index in [1.54, 1.807) is 11.0 Å². The van der Waals surface area contributed by atoms with Crippen LogP contribution in [0.1, 0.15) is 37.5 Å². The molecule has 0 atom stereocenters. The first-order valence-corrected chi connectivity index (χ1v) is 6.69. The van der Waals surface area contributed by atoms with Crippen molar-refractivity contribution >= 4 is 6.09 Å². The molecule has 0 saturated carbocycles. The molecule has 1 N–H and O–H groups in total. The van der Waals surface area contributed by atoms with Crippen molar-refractivity contribution < 1.29 is 19.0 Å². The van der Waals surface area contributed by atoms with Crippen LogP contribution in [0.5, 0.6) is 0 Å². The molecule has 5 heteroatoms. The maximum atomic E-state index is 13.6. The number of rotatable bonds is 1. The van der Waals surface area contributed by atoms with Gasteiger partial charge in [0.2, 0.25) is 0 Å². The van der Waals surface area contributed by atoms with Gasteiger partial charge in [-0.2, -0.15) is 0 Å². The lowest BCUT2D eigenvalue weighted by atomic mass is 9.97. The van der Waals surface area contributed by atoms with Crippen molar-refractivity contribution in [1.82, 2.24) is 4.90 Å². The molecule has 0 unspecified atom stereocenters. The standard InChI is InChI=1S/C15H20FNO3/c1-15(2,3)20-14(19)17-5-4-10-7-13(16)12(9-18)6-11(10)8-17/h6-7,18H,4-5,8-9H2,1-3H3. The predicted molar refractivity (Wildman–Crippen MR) is 72.7 cm³/mol. The number of hydrogen-bond donors (Lipinski definition) is 1. The van der Waals surface area contributed by atoms with Gasteiger partial charge in [-0.15, -0.1) is 0 Å². The third-order valence-corrected chi connectivity index (χ3v) is 3.20. The molecule has 4 nitrogen and oxygen atoms in total. The first kappa shape index (κ1) is 14.8. The molecule has 0 spiro atoms. The van der Waals surface area contributed by atoms with Gasteiger partial charge in [-0.25, -0.2) is 9.18 Å². The van der Waals surface area contributed by atoms with Crippen molar-refractivity contribution in [1.29, 1.82) is 0 Å². The summed E-state index contributed by atoms with van der Waals surface area (Å²) in [5.74, 6) is -0.392. The number of carbonyl (C=O) groups is 1. The minimum absolute atomic E-state index is 0.259. The molecule has 1 aromatic rings. The maximum Gasteiger partial charge on any atom is 0.410 e. The maximum absolute atomic E-state index is 13.6. The van der Waals surface area contributed by atoms with Gasteiger partial charge in [0.25, 0.3) is 0 Å². The monoisotopic (exact) mass is 281 g/mol. The van der Waals surface area contributed by atoms with Crippen LogP contribution in [-0.2, 0) is 24.3 Å². The zero-order valence-corrected chi connectivity index (χ0v) is 12.1. The summed E-state index contributed by atoms with van der Waals surface area (Å²) in [5.41, 5.74) is 1.48. The van der Waals surface area contributed by atoms with Crippen LogP contribution in [-0.4, -0.2) is 28.2 Å². The number of hydrogen-bond acceptors (Lipinski definition) is 3. The normalized spacial score (nSPS) is 14.9. The van der Waals surface area contributed by atoms with Gasteiger partial charge in [0.05, 0.1) is 6.61 Å². The number of carbonyl (C=O) groups excluding carboxylic acids is 1. The Morgan fingerprint density at radius 1 is 1.40 bits per heavy atom. The van der Waals surface area contributed by atoms with Crippen molar-refractivity contribution in [2.45, 2.75) is 45.9 Å². The lowest BCUT2D eigenvalue weighted by Crippen LogP contribution is -2.40. The Bertz CT molecular complexity index is 523. The van der Waals surface area contributed by atoms with Crippen LogP contribution in [0.3, 0.4) is 0 Å². The van der Waals surface area contributed by atoms with Gasteiger partial charge in [-0.05, 0) is 50.5 Å². The molecule has 1 aliphatic heterocycles. The smallest absolute Gasteiger partial charge is 0.410 e. The third kappa shape index (κ3) is 3.28. The molecule has 0 bridgehead atoms. The summed E-state index contributed by atoms with van der Waals surface area (Å²) < 4.78 is 18.9. The molecular formula is C15H20FNO3. The van der Waals surface area contributed by atoms with Crippen molar-refractivity contribution in [3.05, 3.63) is 34.6 Å². The lowest BCUT2D eigenvalue weighted by Gasteiger charge is -2.31. The van der Waals surface area contributed by atoms with Crippen LogP contribution in [0.2, 0.25) is 0 Å². The topological polar surface area (TPSA) is 49.8 Å². The molecule has 0 aliphatic carbocycles. The van der Waals surface area contributed by atoms with Crippen LogP contribution in [0, 0.1) is 5.82 Å². The van der Waals surface area contributed by atoms with Crippen molar-refractivity contribution in [2.24, 2.45) is 0 Å². The summed E-state index contributed by atoms with van der Waals surface area (Å²) in [6.45, 7) is 6.02. The Hall–Kier alpha value is -1.62. The van der Waals surface area contributed by atoms with Gasteiger partial charge < -0.3 is 14.7 Å². The molecule has 110 valence electrons. The van der Waals surface area contributed by atoms with E-state index < -0.39 is 11.4 Å². The second-order valence-electron chi connectivity index (χ2n) is 6.02. The van der Waals surface area contributed by atoms with E-state index in [4.69, 9.17) is 9.84 Å². The van der Waals surface area contributed by atoms with Crippen LogP contribution < -0.4 is 0 Å². The molecule has 0 fully saturated rings. The van der Waals surface area contributed by atoms with Gasteiger partial charge in [-0.3, -0.25) is 0 Å². The summed E-state index contributed by atoms with van der Waals surface area (Å²) in [5, 5.41) is 9.10. The quantitative estimate of drug-likeness (QED) is 0.861. The summed E-state index contributed by atoms with van der Waals surface area (Å²) in [6.07, 6.45) is 0.232. The van der Waals surface area contributed by atoms with Gasteiger partial charge in [0.15, 0.2) is 0 Å². The lowest BCUT2D eigenvalue weighted by molar-refractivity contribution is 0.0224. The van der Waals surface area contributed by atoms with E-state index in [0.29, 0.717) is 19.5 Å². The highest BCUT2D eigenvalue weighted by molar-refractivity contribution is 5.68. The Labute approximate surface area is 118 Å². The number of ether oxygens (including phenoxy) is 1. The Balaban J connectivity index is 2.16. The molecule has 0 radical (unpaired) electrons. The first-order valence-electron chi connectivity index (χ1n) is 6.69. The number of benzene rings is 1. The Morgan fingerprint density at radius 2 is 2.10 bits per heavy atom. The van der Waals surface area contributed by atoms with Gasteiger partial charge in [-0.1, -0.05) is 0 Å². The Kier molecular flexibility index (Phi) is 3.99. The van der Waals surface area contributed by atoms with E-state index in [-0.39, 0.29) is 18.3 Å². The highest BCUT2D eigenvalue weighted by Crippen LogP contribution is 2.24. The van der Waals surface area contributed by atoms with E-state index in [1.165, 1.54) is 6.07 Å². The minimum Gasteiger partial charge on any atom is -0.444 e. The molecule has 0 aromatic heterocycles. The van der Waals surface area contributed by atoms with E-state index in [9.17, 15) is 9.18 Å². The SMILES string of the molecule is CC(C)(C)OC(=O)N1CCc2cc(F)c(CO)cc2C1. The zero-order chi connectivity index (χ0) is 14.9. The number of nitrogens with zero attached hydrogens (tertiary/aromatic N) is 1. The second-order valence-corrected chi connectivity index (χ2v) is 6.02. The van der Waals surface area contributed by atoms with Crippen molar-refractivity contribution in [3.63, 3.8) is 0 Å². The molecule has 0 saturated heterocycles. The fourth-order valence-electron chi connectivity index (χ4n) is 2.23. The summed E-state index contributed by atoms with van der Waals surface area (Å²) in [4.78, 5) is 13.6. The molecule has 20 heavy (non-hydrogen) atoms. The predicted octanol–water partition coefficient (Wildman–Crippen LogP) is 2.61. The zero-order valence-electron chi connectivity index (χ0n) is 12.1. The van der Waals surface area contributed by atoms with E-state index in [1.807, 2.05) is 20.8 Å². The number of fused-ring (bicyclic) bond motifs is 1. The average molecular weight is 281 g/mol. The van der Waals surface area contributed by atoms with Crippen LogP contribution in [0.4, 0.5) is 9.18 Å². The number of amides is 1. The number of halogens is 1. The highest BCUT2D eigenvalue weighted by atomic mass is 19.1. The summed E-state index contributed by atoms with van der Waals surface area (Å²) in [7, 11) is 0. The Morgan fingerprint density at radius 3 is 2.70 bits per heavy atom. The van der Waals surface area contributed by atoms with Crippen molar-refractivity contribution in [3.8, 4) is 0 Å². The van der Waals surface area contributed by atoms with E-state index in [0.717, 1.165) is 11.1 Å². The summed E-state index contributed by atoms with van der Waals surface area (Å²) >= 11 is 0. The molecule has 1 aromatic carbocycles. The summed E-state index contributed by atoms with van der Waals surface area (Å²) in [6, 6.07) is 3.08. The van der Waals surface area contributed by atoms with Crippen molar-refractivity contribution in [2.75, 3.05) is 6.54 Å². The van der Waals surface area contributed by atoms with Gasteiger partial charge in [0.1, 0.15) is 11.4 Å². The highest BCUT2D eigenvalue weighted by Gasteiger charge is 2.26. The average Bonchev–Trinajstić information content (AvgIpc) is 2.35. The van der Waals surface area contributed by atoms with Crippen LogP contribution in [0.15, 0.2) is 12.1 Å². The van der Waals surface area contributed by atoms with Gasteiger partial charge in [0, 0.05) is 18.7 Å². The number of aliphatic hydroxyl groups excluding tert-OH is 1. The minimum atomic E-state index is -0.531. The largest absolute Gasteiger partial charge is 0.444 e. The van der Waals surface area contributed by atoms with E-state index >= 15 is 0 Å². The number of aliphatic hydroxyl groups is 1. The fourth-order valence-corrected chi connectivity index (χ4v) is 2.23. The fraction of sp³-hybridized carbons (Fsp3) is 0.533. The molecule has 2 rings (SSSR count). The molecule has 1 amide bonds. The molecular weight excluding hydrogens is 261 g/mol. The molecule has 1 heterocycles. The first-order chi connectivity index (χ1) is 9.30. The van der Waals surface area contributed by atoms with Crippen LogP contribution in [0.25, 0.3) is 0 Å². The van der Waals surface area contributed by atoms with Gasteiger partial charge >= 0.3 is 6.09 Å².